The van der Waals surface area contributed by atoms with E-state index in [-0.39, 0.29) is 12.0 Å². The van der Waals surface area contributed by atoms with Crippen LogP contribution in [-0.4, -0.2) is 53.6 Å². The van der Waals surface area contributed by atoms with Crippen molar-refractivity contribution < 1.29 is 14.3 Å². The zero-order valence-corrected chi connectivity index (χ0v) is 11.8. The molecule has 0 bridgehead atoms. The molecule has 1 heterocycles. The van der Waals surface area contributed by atoms with Gasteiger partial charge >= 0.3 is 5.97 Å². The van der Waals surface area contributed by atoms with Gasteiger partial charge in [-0.05, 0) is 17.7 Å². The first-order chi connectivity index (χ1) is 10.1. The molecular weight excluding hydrogens is 273 g/mol. The van der Waals surface area contributed by atoms with Gasteiger partial charge in [-0.1, -0.05) is 6.07 Å². The Kier molecular flexibility index (Phi) is 5.26. The van der Waals surface area contributed by atoms with Crippen molar-refractivity contribution in [3.63, 3.8) is 0 Å². The lowest BCUT2D eigenvalue weighted by molar-refractivity contribution is -0.137. The monoisotopic (exact) mass is 291 g/mol. The van der Waals surface area contributed by atoms with Crippen LogP contribution in [-0.2, 0) is 11.3 Å². The largest absolute Gasteiger partial charge is 0.481 e. The zero-order valence-electron chi connectivity index (χ0n) is 11.8. The first-order valence-electron chi connectivity index (χ1n) is 6.93. The van der Waals surface area contributed by atoms with E-state index in [1.807, 2.05) is 6.07 Å². The average Bonchev–Trinajstić information content (AvgIpc) is 2.48. The van der Waals surface area contributed by atoms with E-state index in [0.29, 0.717) is 13.1 Å². The highest BCUT2D eigenvalue weighted by atomic mass is 19.1. The van der Waals surface area contributed by atoms with Crippen molar-refractivity contribution in [2.75, 3.05) is 32.7 Å². The normalized spacial score (nSPS) is 16.6. The summed E-state index contributed by atoms with van der Waals surface area (Å²) < 4.78 is 13.3. The summed E-state index contributed by atoms with van der Waals surface area (Å²) >= 11 is 0. The van der Waals surface area contributed by atoms with Gasteiger partial charge in [-0.15, -0.1) is 0 Å². The van der Waals surface area contributed by atoms with E-state index in [1.54, 1.807) is 12.1 Å². The Morgan fingerprint density at radius 1 is 1.29 bits per heavy atom. The van der Waals surface area contributed by atoms with Crippen molar-refractivity contribution >= 4 is 5.97 Å². The van der Waals surface area contributed by atoms with Crippen LogP contribution in [0.1, 0.15) is 17.5 Å². The molecule has 1 aliphatic heterocycles. The lowest BCUT2D eigenvalue weighted by atomic mass is 10.1. The van der Waals surface area contributed by atoms with Crippen LogP contribution in [0.25, 0.3) is 0 Å². The van der Waals surface area contributed by atoms with Crippen LogP contribution in [0.4, 0.5) is 4.39 Å². The van der Waals surface area contributed by atoms with E-state index in [0.717, 1.165) is 31.7 Å². The van der Waals surface area contributed by atoms with Crippen molar-refractivity contribution in [1.82, 2.24) is 9.80 Å². The fraction of sp³-hybridized carbons (Fsp3) is 0.467. The van der Waals surface area contributed by atoms with Crippen LogP contribution in [0, 0.1) is 17.1 Å². The van der Waals surface area contributed by atoms with Crippen LogP contribution >= 0.6 is 0 Å². The number of nitriles is 1. The average molecular weight is 291 g/mol. The Balaban J connectivity index is 1.83. The predicted molar refractivity (Wildman–Crippen MR) is 75.1 cm³/mol. The number of piperazine rings is 1. The predicted octanol–water partition coefficient (Wildman–Crippen LogP) is 1.29. The highest BCUT2D eigenvalue weighted by molar-refractivity contribution is 5.66. The van der Waals surface area contributed by atoms with E-state index < -0.39 is 11.8 Å². The van der Waals surface area contributed by atoms with Crippen LogP contribution in [0.5, 0.6) is 0 Å². The second kappa shape index (κ2) is 7.16. The standard InChI is InChI=1S/C15H18FN3O2/c16-14-2-1-12(9-13(14)10-17)11-19-7-5-18(6-8-19)4-3-15(20)21/h1-2,9H,3-8,11H2,(H,20,21). The van der Waals surface area contributed by atoms with Gasteiger partial charge in [0.15, 0.2) is 0 Å². The Hall–Kier alpha value is -1.97. The molecule has 0 saturated carbocycles. The fourth-order valence-corrected chi connectivity index (χ4v) is 2.44. The molecule has 1 fully saturated rings. The van der Waals surface area contributed by atoms with E-state index in [9.17, 15) is 9.18 Å². The molecule has 5 nitrogen and oxygen atoms in total. The number of hydrogen-bond donors (Lipinski definition) is 1. The molecule has 6 heteroatoms. The Morgan fingerprint density at radius 2 is 1.95 bits per heavy atom. The molecule has 0 spiro atoms. The van der Waals surface area contributed by atoms with E-state index >= 15 is 0 Å². The van der Waals surface area contributed by atoms with Crippen molar-refractivity contribution in [2.45, 2.75) is 13.0 Å². The molecule has 21 heavy (non-hydrogen) atoms. The number of carboxylic acid groups (broad SMARTS) is 1. The Morgan fingerprint density at radius 3 is 2.57 bits per heavy atom. The van der Waals surface area contributed by atoms with Crippen molar-refractivity contribution in [1.29, 1.82) is 5.26 Å². The van der Waals surface area contributed by atoms with Gasteiger partial charge < -0.3 is 10.0 Å². The molecule has 112 valence electrons. The van der Waals surface area contributed by atoms with Crippen molar-refractivity contribution in [2.24, 2.45) is 0 Å². The third kappa shape index (κ3) is 4.52. The summed E-state index contributed by atoms with van der Waals surface area (Å²) in [5.41, 5.74) is 1.000. The number of carbonyl (C=O) groups is 1. The van der Waals surface area contributed by atoms with E-state index in [2.05, 4.69) is 9.80 Å². The number of rotatable bonds is 5. The lowest BCUT2D eigenvalue weighted by Gasteiger charge is -2.34. The van der Waals surface area contributed by atoms with E-state index in [4.69, 9.17) is 10.4 Å². The molecule has 0 aromatic heterocycles. The second-order valence-electron chi connectivity index (χ2n) is 5.19. The number of carboxylic acids is 1. The maximum atomic E-state index is 13.3. The molecule has 0 radical (unpaired) electrons. The number of benzene rings is 1. The third-order valence-electron chi connectivity index (χ3n) is 3.66. The van der Waals surface area contributed by atoms with Crippen LogP contribution in [0.3, 0.4) is 0 Å². The van der Waals surface area contributed by atoms with Crippen molar-refractivity contribution in [3.8, 4) is 6.07 Å². The first kappa shape index (κ1) is 15.4. The topological polar surface area (TPSA) is 67.6 Å². The van der Waals surface area contributed by atoms with Gasteiger partial charge in [0.2, 0.25) is 0 Å². The molecule has 0 atom stereocenters. The summed E-state index contributed by atoms with van der Waals surface area (Å²) in [4.78, 5) is 14.9. The van der Waals surface area contributed by atoms with Crippen LogP contribution in [0.2, 0.25) is 0 Å². The molecule has 1 aromatic carbocycles. The van der Waals surface area contributed by atoms with Gasteiger partial charge in [0.25, 0.3) is 0 Å². The highest BCUT2D eigenvalue weighted by Crippen LogP contribution is 2.13. The Bertz CT molecular complexity index is 548. The minimum atomic E-state index is -0.771. The minimum absolute atomic E-state index is 0.0765. The number of nitrogens with zero attached hydrogens (tertiary/aromatic N) is 3. The van der Waals surface area contributed by atoms with Crippen LogP contribution in [0.15, 0.2) is 18.2 Å². The van der Waals surface area contributed by atoms with Gasteiger partial charge in [-0.2, -0.15) is 5.26 Å². The first-order valence-corrected chi connectivity index (χ1v) is 6.93. The van der Waals surface area contributed by atoms with Crippen LogP contribution < -0.4 is 0 Å². The van der Waals surface area contributed by atoms with Gasteiger partial charge in [-0.25, -0.2) is 4.39 Å². The number of aliphatic carboxylic acids is 1. The molecule has 1 N–H and O–H groups in total. The molecule has 0 amide bonds. The SMILES string of the molecule is N#Cc1cc(CN2CCN(CCC(=O)O)CC2)ccc1F. The molecule has 1 saturated heterocycles. The van der Waals surface area contributed by atoms with Gasteiger partial charge in [-0.3, -0.25) is 9.69 Å². The maximum Gasteiger partial charge on any atom is 0.304 e. The smallest absolute Gasteiger partial charge is 0.304 e. The third-order valence-corrected chi connectivity index (χ3v) is 3.66. The second-order valence-corrected chi connectivity index (χ2v) is 5.19. The summed E-state index contributed by atoms with van der Waals surface area (Å²) in [6.45, 7) is 4.62. The lowest BCUT2D eigenvalue weighted by Crippen LogP contribution is -2.46. The molecule has 0 unspecified atom stereocenters. The van der Waals surface area contributed by atoms with Gasteiger partial charge in [0.05, 0.1) is 12.0 Å². The fourth-order valence-electron chi connectivity index (χ4n) is 2.44. The summed E-state index contributed by atoms with van der Waals surface area (Å²) in [7, 11) is 0. The minimum Gasteiger partial charge on any atom is -0.481 e. The molecule has 0 aliphatic carbocycles. The molecule has 2 rings (SSSR count). The Labute approximate surface area is 123 Å². The summed E-state index contributed by atoms with van der Waals surface area (Å²) in [6, 6.07) is 6.47. The highest BCUT2D eigenvalue weighted by Gasteiger charge is 2.17. The molecule has 1 aromatic rings. The quantitative estimate of drug-likeness (QED) is 0.885. The molecular formula is C15H18FN3O2. The van der Waals surface area contributed by atoms with E-state index in [1.165, 1.54) is 6.07 Å². The molecule has 1 aliphatic rings. The summed E-state index contributed by atoms with van der Waals surface area (Å²) in [5, 5.41) is 17.5. The summed E-state index contributed by atoms with van der Waals surface area (Å²) in [6.07, 6.45) is 0.170. The van der Waals surface area contributed by atoms with Crippen molar-refractivity contribution in [3.05, 3.63) is 35.1 Å². The summed E-state index contributed by atoms with van der Waals surface area (Å²) in [5.74, 6) is -1.26. The van der Waals surface area contributed by atoms with Gasteiger partial charge in [0, 0.05) is 39.3 Å². The number of halogens is 1. The number of hydrogen-bond acceptors (Lipinski definition) is 4. The maximum absolute atomic E-state index is 13.3. The zero-order chi connectivity index (χ0) is 15.2. The van der Waals surface area contributed by atoms with Gasteiger partial charge in [0.1, 0.15) is 11.9 Å².